The Bertz CT molecular complexity index is 219. The molecular formula is C10H19N3O. The quantitative estimate of drug-likeness (QED) is 0.667. The number of amides is 2. The molecule has 2 fully saturated rings. The molecule has 0 aliphatic carbocycles. The SMILES string of the molecule is CC1CCNCC1CN1CCNC1=O. The molecule has 0 spiro atoms. The standard InChI is InChI=1S/C10H19N3O/c1-8-2-3-11-6-9(8)7-13-5-4-12-10(13)14/h8-9,11H,2-7H2,1H3,(H,12,14). The Morgan fingerprint density at radius 3 is 3.00 bits per heavy atom. The minimum Gasteiger partial charge on any atom is -0.336 e. The lowest BCUT2D eigenvalue weighted by Crippen LogP contribution is -2.43. The summed E-state index contributed by atoms with van der Waals surface area (Å²) in [5.41, 5.74) is 0. The van der Waals surface area contributed by atoms with E-state index in [9.17, 15) is 4.79 Å². The highest BCUT2D eigenvalue weighted by molar-refractivity contribution is 5.76. The van der Waals surface area contributed by atoms with Gasteiger partial charge < -0.3 is 15.5 Å². The van der Waals surface area contributed by atoms with E-state index in [1.165, 1.54) is 6.42 Å². The zero-order valence-corrected chi connectivity index (χ0v) is 8.75. The number of nitrogens with one attached hydrogen (secondary N) is 2. The van der Waals surface area contributed by atoms with E-state index in [0.29, 0.717) is 5.92 Å². The molecule has 2 atom stereocenters. The van der Waals surface area contributed by atoms with Crippen LogP contribution in [0.2, 0.25) is 0 Å². The lowest BCUT2D eigenvalue weighted by Gasteiger charge is -2.32. The predicted octanol–water partition coefficient (Wildman–Crippen LogP) is 0.257. The highest BCUT2D eigenvalue weighted by atomic mass is 16.2. The average Bonchev–Trinajstić information content (AvgIpc) is 2.56. The summed E-state index contributed by atoms with van der Waals surface area (Å²) in [7, 11) is 0. The molecule has 0 radical (unpaired) electrons. The van der Waals surface area contributed by atoms with Crippen LogP contribution < -0.4 is 10.6 Å². The number of hydrogen-bond donors (Lipinski definition) is 2. The van der Waals surface area contributed by atoms with Gasteiger partial charge in [-0.05, 0) is 31.3 Å². The maximum atomic E-state index is 11.3. The molecule has 4 heteroatoms. The average molecular weight is 197 g/mol. The Hall–Kier alpha value is -0.770. The second-order valence-electron chi connectivity index (χ2n) is 4.41. The van der Waals surface area contributed by atoms with Crippen LogP contribution in [0.15, 0.2) is 0 Å². The van der Waals surface area contributed by atoms with Crippen molar-refractivity contribution in [3.05, 3.63) is 0 Å². The highest BCUT2D eigenvalue weighted by Gasteiger charge is 2.27. The molecule has 0 aromatic carbocycles. The summed E-state index contributed by atoms with van der Waals surface area (Å²) in [6.45, 7) is 7.09. The van der Waals surface area contributed by atoms with Gasteiger partial charge in [-0.3, -0.25) is 0 Å². The van der Waals surface area contributed by atoms with Crippen LogP contribution in [0.3, 0.4) is 0 Å². The third-order valence-corrected chi connectivity index (χ3v) is 3.39. The zero-order valence-electron chi connectivity index (χ0n) is 8.75. The Kier molecular flexibility index (Phi) is 2.91. The maximum absolute atomic E-state index is 11.3. The molecule has 2 N–H and O–H groups in total. The van der Waals surface area contributed by atoms with E-state index in [4.69, 9.17) is 0 Å². The molecule has 0 saturated carbocycles. The summed E-state index contributed by atoms with van der Waals surface area (Å²) in [5.74, 6) is 1.37. The van der Waals surface area contributed by atoms with Crippen molar-refractivity contribution in [2.24, 2.45) is 11.8 Å². The van der Waals surface area contributed by atoms with E-state index >= 15 is 0 Å². The van der Waals surface area contributed by atoms with Gasteiger partial charge in [-0.1, -0.05) is 6.92 Å². The molecule has 14 heavy (non-hydrogen) atoms. The van der Waals surface area contributed by atoms with E-state index in [2.05, 4.69) is 17.6 Å². The van der Waals surface area contributed by atoms with Crippen molar-refractivity contribution < 1.29 is 4.79 Å². The van der Waals surface area contributed by atoms with Crippen LogP contribution in [0.1, 0.15) is 13.3 Å². The third kappa shape index (κ3) is 2.00. The topological polar surface area (TPSA) is 44.4 Å². The first kappa shape index (κ1) is 9.77. The van der Waals surface area contributed by atoms with Gasteiger partial charge in [0.15, 0.2) is 0 Å². The molecule has 0 aromatic heterocycles. The number of urea groups is 1. The van der Waals surface area contributed by atoms with Crippen molar-refractivity contribution in [2.75, 3.05) is 32.7 Å². The van der Waals surface area contributed by atoms with Crippen LogP contribution >= 0.6 is 0 Å². The fourth-order valence-corrected chi connectivity index (χ4v) is 2.27. The molecular weight excluding hydrogens is 178 g/mol. The number of hydrogen-bond acceptors (Lipinski definition) is 2. The van der Waals surface area contributed by atoms with E-state index in [1.54, 1.807) is 0 Å². The minimum absolute atomic E-state index is 0.114. The van der Waals surface area contributed by atoms with Crippen molar-refractivity contribution in [3.63, 3.8) is 0 Å². The van der Waals surface area contributed by atoms with Crippen LogP contribution in [0.25, 0.3) is 0 Å². The van der Waals surface area contributed by atoms with Crippen molar-refractivity contribution in [2.45, 2.75) is 13.3 Å². The van der Waals surface area contributed by atoms with Gasteiger partial charge in [0.05, 0.1) is 0 Å². The first-order chi connectivity index (χ1) is 6.77. The van der Waals surface area contributed by atoms with Crippen molar-refractivity contribution in [3.8, 4) is 0 Å². The van der Waals surface area contributed by atoms with E-state index < -0.39 is 0 Å². The second kappa shape index (κ2) is 4.17. The summed E-state index contributed by atoms with van der Waals surface area (Å²) in [5, 5.41) is 6.24. The van der Waals surface area contributed by atoms with Gasteiger partial charge in [-0.2, -0.15) is 0 Å². The summed E-state index contributed by atoms with van der Waals surface area (Å²) in [6, 6.07) is 0.114. The molecule has 80 valence electrons. The number of rotatable bonds is 2. The molecule has 0 bridgehead atoms. The second-order valence-corrected chi connectivity index (χ2v) is 4.41. The van der Waals surface area contributed by atoms with Gasteiger partial charge in [0, 0.05) is 19.6 Å². The van der Waals surface area contributed by atoms with Gasteiger partial charge in [0.2, 0.25) is 0 Å². The Morgan fingerprint density at radius 2 is 2.36 bits per heavy atom. The molecule has 2 aliphatic heterocycles. The lowest BCUT2D eigenvalue weighted by atomic mass is 9.88. The minimum atomic E-state index is 0.114. The molecule has 2 heterocycles. The largest absolute Gasteiger partial charge is 0.336 e. The molecule has 2 amide bonds. The van der Waals surface area contributed by atoms with Crippen LogP contribution in [-0.4, -0.2) is 43.7 Å². The molecule has 2 saturated heterocycles. The van der Waals surface area contributed by atoms with Crippen LogP contribution in [0.4, 0.5) is 4.79 Å². The first-order valence-electron chi connectivity index (χ1n) is 5.51. The summed E-state index contributed by atoms with van der Waals surface area (Å²) in [4.78, 5) is 13.3. The first-order valence-corrected chi connectivity index (χ1v) is 5.51. The Labute approximate surface area is 85.0 Å². The van der Waals surface area contributed by atoms with Crippen molar-refractivity contribution >= 4 is 6.03 Å². The van der Waals surface area contributed by atoms with Gasteiger partial charge in [0.25, 0.3) is 0 Å². The summed E-state index contributed by atoms with van der Waals surface area (Å²) >= 11 is 0. The monoisotopic (exact) mass is 197 g/mol. The smallest absolute Gasteiger partial charge is 0.317 e. The predicted molar refractivity (Wildman–Crippen MR) is 55.1 cm³/mol. The Morgan fingerprint density at radius 1 is 1.50 bits per heavy atom. The van der Waals surface area contributed by atoms with Crippen LogP contribution in [-0.2, 0) is 0 Å². The maximum Gasteiger partial charge on any atom is 0.317 e. The van der Waals surface area contributed by atoms with Crippen molar-refractivity contribution in [1.29, 1.82) is 0 Å². The number of carbonyl (C=O) groups is 1. The normalized spacial score (nSPS) is 33.2. The molecule has 4 nitrogen and oxygen atoms in total. The van der Waals surface area contributed by atoms with Gasteiger partial charge in [-0.25, -0.2) is 4.79 Å². The lowest BCUT2D eigenvalue weighted by molar-refractivity contribution is 0.183. The zero-order chi connectivity index (χ0) is 9.97. The van der Waals surface area contributed by atoms with Gasteiger partial charge in [-0.15, -0.1) is 0 Å². The van der Waals surface area contributed by atoms with Gasteiger partial charge >= 0.3 is 6.03 Å². The fraction of sp³-hybridized carbons (Fsp3) is 0.900. The number of carbonyl (C=O) groups excluding carboxylic acids is 1. The van der Waals surface area contributed by atoms with E-state index in [1.807, 2.05) is 4.90 Å². The highest BCUT2D eigenvalue weighted by Crippen LogP contribution is 2.19. The third-order valence-electron chi connectivity index (χ3n) is 3.39. The molecule has 0 aromatic rings. The summed E-state index contributed by atoms with van der Waals surface area (Å²) < 4.78 is 0. The fourth-order valence-electron chi connectivity index (χ4n) is 2.27. The molecule has 2 unspecified atom stereocenters. The van der Waals surface area contributed by atoms with Gasteiger partial charge in [0.1, 0.15) is 0 Å². The van der Waals surface area contributed by atoms with Crippen LogP contribution in [0, 0.1) is 11.8 Å². The van der Waals surface area contributed by atoms with E-state index in [0.717, 1.165) is 38.6 Å². The number of piperidine rings is 1. The molecule has 2 rings (SSSR count). The number of nitrogens with zero attached hydrogens (tertiary/aromatic N) is 1. The van der Waals surface area contributed by atoms with Crippen molar-refractivity contribution in [1.82, 2.24) is 15.5 Å². The molecule has 2 aliphatic rings. The Balaban J connectivity index is 1.86. The van der Waals surface area contributed by atoms with E-state index in [-0.39, 0.29) is 6.03 Å². The summed E-state index contributed by atoms with van der Waals surface area (Å²) in [6.07, 6.45) is 1.24. The van der Waals surface area contributed by atoms with Crippen LogP contribution in [0.5, 0.6) is 0 Å².